The smallest absolute Gasteiger partial charge is 0.384 e. The molecule has 0 atom stereocenters. The fourth-order valence-corrected chi connectivity index (χ4v) is 1.33. The van der Waals surface area contributed by atoms with Crippen LogP contribution in [0.3, 0.4) is 0 Å². The second-order valence-corrected chi connectivity index (χ2v) is 4.13. The third kappa shape index (κ3) is 4.65. The minimum Gasteiger partial charge on any atom is -0.384 e. The van der Waals surface area contributed by atoms with E-state index in [0.29, 0.717) is 0 Å². The fraction of sp³-hybridized carbons (Fsp3) is 0.455. The molecule has 5 nitrogen and oxygen atoms in total. The minimum absolute atomic E-state index is 0.00104. The molecule has 3 N–H and O–H groups in total. The van der Waals surface area contributed by atoms with E-state index in [9.17, 15) is 18.0 Å². The standard InChI is InChI=1S/C11H15F3N4O/c1-18(2)10(19)3-4-16-9-6-7(11(12,13)14)5-8(15)17-9/h5-6H,3-4H2,1-2H3,(H3,15,16,17). The van der Waals surface area contributed by atoms with Crippen molar-refractivity contribution in [2.24, 2.45) is 0 Å². The average molecular weight is 276 g/mol. The van der Waals surface area contributed by atoms with Gasteiger partial charge in [-0.1, -0.05) is 0 Å². The number of aromatic nitrogens is 1. The number of carbonyl (C=O) groups excluding carboxylic acids is 1. The van der Waals surface area contributed by atoms with E-state index in [0.717, 1.165) is 12.1 Å². The molecule has 1 aromatic heterocycles. The van der Waals surface area contributed by atoms with Gasteiger partial charge in [0.25, 0.3) is 0 Å². The summed E-state index contributed by atoms with van der Waals surface area (Å²) in [5.74, 6) is -0.359. The summed E-state index contributed by atoms with van der Waals surface area (Å²) in [5.41, 5.74) is 4.44. The zero-order valence-corrected chi connectivity index (χ0v) is 10.6. The molecule has 0 aromatic carbocycles. The number of amides is 1. The Balaban J connectivity index is 2.69. The zero-order chi connectivity index (χ0) is 14.6. The molecule has 0 radical (unpaired) electrons. The van der Waals surface area contributed by atoms with Crippen molar-refractivity contribution in [1.29, 1.82) is 0 Å². The van der Waals surface area contributed by atoms with Crippen molar-refractivity contribution in [3.8, 4) is 0 Å². The summed E-state index contributed by atoms with van der Waals surface area (Å²) in [5, 5.41) is 2.65. The van der Waals surface area contributed by atoms with Gasteiger partial charge < -0.3 is 16.0 Å². The highest BCUT2D eigenvalue weighted by Gasteiger charge is 2.31. The molecule has 0 bridgehead atoms. The first kappa shape index (κ1) is 15.1. The molecule has 0 aliphatic heterocycles. The number of nitrogens with one attached hydrogen (secondary N) is 1. The number of pyridine rings is 1. The van der Waals surface area contributed by atoms with Crippen LogP contribution in [0.15, 0.2) is 12.1 Å². The topological polar surface area (TPSA) is 71.2 Å². The van der Waals surface area contributed by atoms with Crippen molar-refractivity contribution < 1.29 is 18.0 Å². The molecule has 1 heterocycles. The molecule has 0 spiro atoms. The molecule has 0 fully saturated rings. The van der Waals surface area contributed by atoms with Crippen molar-refractivity contribution in [3.63, 3.8) is 0 Å². The molecule has 8 heteroatoms. The quantitative estimate of drug-likeness (QED) is 0.875. The Morgan fingerprint density at radius 3 is 2.58 bits per heavy atom. The van der Waals surface area contributed by atoms with Crippen molar-refractivity contribution in [3.05, 3.63) is 17.7 Å². The lowest BCUT2D eigenvalue weighted by molar-refractivity contribution is -0.137. The molecule has 0 aliphatic rings. The summed E-state index contributed by atoms with van der Waals surface area (Å²) in [6.45, 7) is 0.185. The highest BCUT2D eigenvalue weighted by molar-refractivity contribution is 5.76. The number of nitrogens with zero attached hydrogens (tertiary/aromatic N) is 2. The first-order valence-corrected chi connectivity index (χ1v) is 5.49. The zero-order valence-electron chi connectivity index (χ0n) is 10.6. The van der Waals surface area contributed by atoms with E-state index in [2.05, 4.69) is 10.3 Å². The van der Waals surface area contributed by atoms with Crippen molar-refractivity contribution in [1.82, 2.24) is 9.88 Å². The Bertz CT molecular complexity index is 460. The van der Waals surface area contributed by atoms with Crippen LogP contribution >= 0.6 is 0 Å². The lowest BCUT2D eigenvalue weighted by atomic mass is 10.2. The Hall–Kier alpha value is -1.99. The number of nitrogens with two attached hydrogens (primary N) is 1. The monoisotopic (exact) mass is 276 g/mol. The number of anilines is 2. The van der Waals surface area contributed by atoms with Crippen LogP contribution in [-0.2, 0) is 11.0 Å². The number of nitrogen functional groups attached to an aromatic ring is 1. The van der Waals surface area contributed by atoms with E-state index >= 15 is 0 Å². The normalized spacial score (nSPS) is 11.2. The predicted octanol–water partition coefficient (Wildman–Crippen LogP) is 1.57. The molecule has 1 aromatic rings. The van der Waals surface area contributed by atoms with Crippen LogP contribution in [0, 0.1) is 0 Å². The first-order valence-electron chi connectivity index (χ1n) is 5.49. The summed E-state index contributed by atoms with van der Waals surface area (Å²) in [6, 6.07) is 1.62. The third-order valence-electron chi connectivity index (χ3n) is 2.32. The molecular formula is C11H15F3N4O. The lowest BCUT2D eigenvalue weighted by Gasteiger charge is -2.12. The summed E-state index contributed by atoms with van der Waals surface area (Å²) < 4.78 is 37.6. The number of rotatable bonds is 4. The van der Waals surface area contributed by atoms with Gasteiger partial charge in [-0.05, 0) is 12.1 Å². The van der Waals surface area contributed by atoms with Gasteiger partial charge in [-0.2, -0.15) is 13.2 Å². The maximum Gasteiger partial charge on any atom is 0.416 e. The van der Waals surface area contributed by atoms with Crippen LogP contribution in [0.1, 0.15) is 12.0 Å². The van der Waals surface area contributed by atoms with Crippen LogP contribution in [-0.4, -0.2) is 36.4 Å². The van der Waals surface area contributed by atoms with E-state index in [-0.39, 0.29) is 30.5 Å². The highest BCUT2D eigenvalue weighted by Crippen LogP contribution is 2.31. The molecule has 0 aliphatic carbocycles. The summed E-state index contributed by atoms with van der Waals surface area (Å²) in [4.78, 5) is 16.4. The van der Waals surface area contributed by atoms with Crippen LogP contribution in [0.5, 0.6) is 0 Å². The van der Waals surface area contributed by atoms with E-state index in [1.54, 1.807) is 14.1 Å². The van der Waals surface area contributed by atoms with E-state index in [1.165, 1.54) is 4.90 Å². The summed E-state index contributed by atoms with van der Waals surface area (Å²) in [6.07, 6.45) is -4.32. The van der Waals surface area contributed by atoms with Gasteiger partial charge in [0.05, 0.1) is 5.56 Å². The molecule has 1 rings (SSSR count). The maximum absolute atomic E-state index is 12.5. The van der Waals surface area contributed by atoms with Crippen molar-refractivity contribution >= 4 is 17.5 Å². The highest BCUT2D eigenvalue weighted by atomic mass is 19.4. The van der Waals surface area contributed by atoms with Crippen LogP contribution in [0.25, 0.3) is 0 Å². The van der Waals surface area contributed by atoms with Gasteiger partial charge in [-0.3, -0.25) is 4.79 Å². The molecular weight excluding hydrogens is 261 g/mol. The SMILES string of the molecule is CN(C)C(=O)CCNc1cc(C(F)(F)F)cc(N)n1. The summed E-state index contributed by atoms with van der Waals surface area (Å²) >= 11 is 0. The Morgan fingerprint density at radius 1 is 1.42 bits per heavy atom. The van der Waals surface area contributed by atoms with E-state index in [1.807, 2.05) is 0 Å². The number of hydrogen-bond acceptors (Lipinski definition) is 4. The summed E-state index contributed by atoms with van der Waals surface area (Å²) in [7, 11) is 3.20. The number of halogens is 3. The molecule has 0 saturated heterocycles. The third-order valence-corrected chi connectivity index (χ3v) is 2.32. The number of carbonyl (C=O) groups is 1. The Morgan fingerprint density at radius 2 is 2.05 bits per heavy atom. The van der Waals surface area contributed by atoms with Crippen LogP contribution in [0.4, 0.5) is 24.8 Å². The minimum atomic E-state index is -4.48. The molecule has 1 amide bonds. The van der Waals surface area contributed by atoms with Crippen molar-refractivity contribution in [2.45, 2.75) is 12.6 Å². The van der Waals surface area contributed by atoms with Crippen molar-refractivity contribution in [2.75, 3.05) is 31.7 Å². The molecule has 0 unspecified atom stereocenters. The molecule has 0 saturated carbocycles. The van der Waals surface area contributed by atoms with Gasteiger partial charge in [0.15, 0.2) is 0 Å². The fourth-order valence-electron chi connectivity index (χ4n) is 1.33. The number of hydrogen-bond donors (Lipinski definition) is 2. The lowest BCUT2D eigenvalue weighted by Crippen LogP contribution is -2.24. The second kappa shape index (κ2) is 5.77. The predicted molar refractivity (Wildman–Crippen MR) is 65.5 cm³/mol. The maximum atomic E-state index is 12.5. The van der Waals surface area contributed by atoms with Crippen LogP contribution in [0.2, 0.25) is 0 Å². The van der Waals surface area contributed by atoms with Gasteiger partial charge in [-0.25, -0.2) is 4.98 Å². The van der Waals surface area contributed by atoms with Gasteiger partial charge in [0.1, 0.15) is 11.6 Å². The second-order valence-electron chi connectivity index (χ2n) is 4.13. The Kier molecular flexibility index (Phi) is 4.57. The van der Waals surface area contributed by atoms with Gasteiger partial charge >= 0.3 is 6.18 Å². The van der Waals surface area contributed by atoms with Gasteiger partial charge in [-0.15, -0.1) is 0 Å². The van der Waals surface area contributed by atoms with Gasteiger partial charge in [0, 0.05) is 27.1 Å². The van der Waals surface area contributed by atoms with Gasteiger partial charge in [0.2, 0.25) is 5.91 Å². The molecule has 106 valence electrons. The average Bonchev–Trinajstić information content (AvgIpc) is 2.26. The largest absolute Gasteiger partial charge is 0.416 e. The van der Waals surface area contributed by atoms with E-state index in [4.69, 9.17) is 5.73 Å². The first-order chi connectivity index (χ1) is 8.70. The van der Waals surface area contributed by atoms with E-state index < -0.39 is 11.7 Å². The Labute approximate surface area is 108 Å². The number of alkyl halides is 3. The molecule has 19 heavy (non-hydrogen) atoms. The van der Waals surface area contributed by atoms with Crippen LogP contribution < -0.4 is 11.1 Å².